The second-order valence-corrected chi connectivity index (χ2v) is 8.69. The number of rotatable bonds is 0. The van der Waals surface area contributed by atoms with Gasteiger partial charge in [0, 0.05) is 0 Å². The summed E-state index contributed by atoms with van der Waals surface area (Å²) in [4.78, 5) is 0. The lowest BCUT2D eigenvalue weighted by molar-refractivity contribution is 0.786. The van der Waals surface area contributed by atoms with Crippen LogP contribution in [-0.2, 0) is 5.41 Å². The first-order valence-corrected chi connectivity index (χ1v) is 12.6. The van der Waals surface area contributed by atoms with Crippen molar-refractivity contribution in [1.82, 2.24) is 0 Å². The van der Waals surface area contributed by atoms with Crippen LogP contribution in [0.25, 0.3) is 16.7 Å². The van der Waals surface area contributed by atoms with E-state index in [-0.39, 0.29) is 5.41 Å². The van der Waals surface area contributed by atoms with Crippen molar-refractivity contribution in [1.29, 1.82) is 0 Å². The maximum absolute atomic E-state index is 2.37. The van der Waals surface area contributed by atoms with Gasteiger partial charge in [0.1, 0.15) is 0 Å². The van der Waals surface area contributed by atoms with E-state index in [1.54, 1.807) is 0 Å². The minimum Gasteiger partial charge on any atom is -0.0842 e. The van der Waals surface area contributed by atoms with Crippen LogP contribution in [-0.4, -0.2) is 0 Å². The molecule has 3 aromatic rings. The molecule has 0 N–H and O–H groups in total. The van der Waals surface area contributed by atoms with E-state index in [4.69, 9.17) is 0 Å². The number of hydrogen-bond acceptors (Lipinski definition) is 0. The number of fused-ring (bicyclic) bond motifs is 9. The molecule has 0 amide bonds. The van der Waals surface area contributed by atoms with E-state index in [0.717, 1.165) is 6.42 Å². The Hall–Kier alpha value is -3.64. The van der Waals surface area contributed by atoms with E-state index in [2.05, 4.69) is 121 Å². The molecular formula is C34H32. The van der Waals surface area contributed by atoms with Crippen molar-refractivity contribution >= 4 is 5.57 Å². The minimum atomic E-state index is -0.190. The smallest absolute Gasteiger partial charge is 0.0725 e. The molecule has 0 heteroatoms. The number of hydrogen-bond donors (Lipinski definition) is 0. The number of benzene rings is 3. The Kier molecular flexibility index (Phi) is 6.32. The monoisotopic (exact) mass is 440 g/mol. The molecule has 3 aromatic carbocycles. The predicted octanol–water partition coefficient (Wildman–Crippen LogP) is 9.20. The molecule has 0 aliphatic heterocycles. The third kappa shape index (κ3) is 3.37. The standard InChI is InChI=1S/C26H18.C6H8.C2H6/c1-2-10-18-19-11-4-7-15-23(19)26(22(18)14-3-1)24-16-8-5-12-20(24)21-13-6-9-17-25(21)26;1-2-4-6-5-3-1;1-2/h2-17H,1H2;1-4H,5-6H2;1-2H3. The van der Waals surface area contributed by atoms with E-state index in [1.165, 1.54) is 57.4 Å². The molecule has 0 nitrogen and oxygen atoms in total. The Balaban J connectivity index is 0.000000261. The highest BCUT2D eigenvalue weighted by molar-refractivity contribution is 5.98. The van der Waals surface area contributed by atoms with Crippen molar-refractivity contribution < 1.29 is 0 Å². The van der Waals surface area contributed by atoms with Gasteiger partial charge >= 0.3 is 0 Å². The summed E-state index contributed by atoms with van der Waals surface area (Å²) >= 11 is 0. The number of allylic oxidation sites excluding steroid dienone is 10. The highest BCUT2D eigenvalue weighted by atomic mass is 14.5. The molecule has 0 bridgehead atoms. The maximum Gasteiger partial charge on any atom is 0.0725 e. The van der Waals surface area contributed by atoms with Gasteiger partial charge in [-0.3, -0.25) is 0 Å². The molecule has 168 valence electrons. The molecule has 0 fully saturated rings. The lowest BCUT2D eigenvalue weighted by Crippen LogP contribution is -2.26. The summed E-state index contributed by atoms with van der Waals surface area (Å²) in [6, 6.07) is 26.9. The lowest BCUT2D eigenvalue weighted by atomic mass is 9.69. The molecule has 0 saturated carbocycles. The molecule has 0 radical (unpaired) electrons. The van der Waals surface area contributed by atoms with Gasteiger partial charge in [-0.05, 0) is 63.8 Å². The van der Waals surface area contributed by atoms with Gasteiger partial charge in [0.2, 0.25) is 0 Å². The van der Waals surface area contributed by atoms with Gasteiger partial charge in [-0.15, -0.1) is 0 Å². The van der Waals surface area contributed by atoms with Gasteiger partial charge in [0.15, 0.2) is 0 Å². The van der Waals surface area contributed by atoms with Crippen LogP contribution in [0.15, 0.2) is 127 Å². The summed E-state index contributed by atoms with van der Waals surface area (Å²) in [5.41, 5.74) is 11.0. The molecule has 1 spiro atoms. The minimum absolute atomic E-state index is 0.190. The second-order valence-electron chi connectivity index (χ2n) is 8.69. The molecule has 4 aliphatic rings. The molecule has 0 aromatic heterocycles. The first-order chi connectivity index (χ1) is 16.9. The largest absolute Gasteiger partial charge is 0.0842 e. The summed E-state index contributed by atoms with van der Waals surface area (Å²) in [6.07, 6.45) is 21.3. The average Bonchev–Trinajstić information content (AvgIpc) is 3.23. The highest BCUT2D eigenvalue weighted by Crippen LogP contribution is 2.62. The van der Waals surface area contributed by atoms with Gasteiger partial charge in [0.05, 0.1) is 5.41 Å². The van der Waals surface area contributed by atoms with Crippen molar-refractivity contribution in [3.05, 3.63) is 149 Å². The summed E-state index contributed by atoms with van der Waals surface area (Å²) in [5, 5.41) is 0. The van der Waals surface area contributed by atoms with Crippen molar-refractivity contribution in [2.45, 2.75) is 38.5 Å². The van der Waals surface area contributed by atoms with Crippen LogP contribution >= 0.6 is 0 Å². The van der Waals surface area contributed by atoms with E-state index in [9.17, 15) is 0 Å². The molecule has 0 unspecified atom stereocenters. The first kappa shape index (κ1) is 22.2. The van der Waals surface area contributed by atoms with E-state index < -0.39 is 0 Å². The Morgan fingerprint density at radius 1 is 0.529 bits per heavy atom. The normalized spacial score (nSPS) is 17.0. The van der Waals surface area contributed by atoms with Crippen LogP contribution in [0, 0.1) is 0 Å². The highest BCUT2D eigenvalue weighted by Gasteiger charge is 2.51. The third-order valence-corrected chi connectivity index (χ3v) is 6.99. The van der Waals surface area contributed by atoms with Crippen molar-refractivity contribution in [2.75, 3.05) is 0 Å². The van der Waals surface area contributed by atoms with Crippen molar-refractivity contribution in [3.8, 4) is 11.1 Å². The zero-order valence-electron chi connectivity index (χ0n) is 20.2. The van der Waals surface area contributed by atoms with E-state index in [1.807, 2.05) is 13.8 Å². The second kappa shape index (κ2) is 9.69. The molecule has 0 atom stereocenters. The summed E-state index contributed by atoms with van der Waals surface area (Å²) < 4.78 is 0. The Labute approximate surface area is 204 Å². The van der Waals surface area contributed by atoms with Crippen LogP contribution in [0.4, 0.5) is 0 Å². The zero-order valence-corrected chi connectivity index (χ0v) is 20.2. The molecular weight excluding hydrogens is 408 g/mol. The topological polar surface area (TPSA) is 0 Å². The van der Waals surface area contributed by atoms with E-state index in [0.29, 0.717) is 0 Å². The van der Waals surface area contributed by atoms with Crippen molar-refractivity contribution in [3.63, 3.8) is 0 Å². The van der Waals surface area contributed by atoms with Crippen LogP contribution in [0.5, 0.6) is 0 Å². The van der Waals surface area contributed by atoms with Gasteiger partial charge in [-0.2, -0.15) is 0 Å². The molecule has 0 heterocycles. The quantitative estimate of drug-likeness (QED) is 0.327. The summed E-state index contributed by atoms with van der Waals surface area (Å²) in [7, 11) is 0. The van der Waals surface area contributed by atoms with Crippen LogP contribution in [0.2, 0.25) is 0 Å². The van der Waals surface area contributed by atoms with Gasteiger partial charge in [-0.1, -0.05) is 135 Å². The fourth-order valence-corrected chi connectivity index (χ4v) is 5.74. The molecule has 4 aliphatic carbocycles. The Morgan fingerprint density at radius 2 is 1.00 bits per heavy atom. The molecule has 7 rings (SSSR count). The van der Waals surface area contributed by atoms with Crippen LogP contribution < -0.4 is 0 Å². The summed E-state index contributed by atoms with van der Waals surface area (Å²) in [6.45, 7) is 4.00. The van der Waals surface area contributed by atoms with Gasteiger partial charge in [0.25, 0.3) is 0 Å². The fourth-order valence-electron chi connectivity index (χ4n) is 5.74. The Bertz CT molecular complexity index is 1280. The lowest BCUT2D eigenvalue weighted by Gasteiger charge is -2.31. The van der Waals surface area contributed by atoms with Crippen LogP contribution in [0.3, 0.4) is 0 Å². The zero-order chi connectivity index (χ0) is 23.4. The third-order valence-electron chi connectivity index (χ3n) is 6.99. The fraction of sp³-hybridized carbons (Fsp3) is 0.176. The maximum atomic E-state index is 2.37. The van der Waals surface area contributed by atoms with Crippen molar-refractivity contribution in [2.24, 2.45) is 0 Å². The average molecular weight is 441 g/mol. The van der Waals surface area contributed by atoms with E-state index >= 15 is 0 Å². The molecule has 0 saturated heterocycles. The summed E-state index contributed by atoms with van der Waals surface area (Å²) in [5.74, 6) is 0. The Morgan fingerprint density at radius 3 is 1.53 bits per heavy atom. The predicted molar refractivity (Wildman–Crippen MR) is 147 cm³/mol. The van der Waals surface area contributed by atoms with Gasteiger partial charge in [-0.25, -0.2) is 0 Å². The SMILES string of the molecule is C1=CC2=C(C=CC1)C1(c3ccccc32)c2ccccc2-c2ccccc21.C1=CCCC=C1.CC. The first-order valence-electron chi connectivity index (χ1n) is 12.6. The molecule has 34 heavy (non-hydrogen) atoms. The van der Waals surface area contributed by atoms with Crippen LogP contribution in [0.1, 0.15) is 55.4 Å². The van der Waals surface area contributed by atoms with Gasteiger partial charge < -0.3 is 0 Å².